The summed E-state index contributed by atoms with van der Waals surface area (Å²) in [5.74, 6) is -3.38. The van der Waals surface area contributed by atoms with Gasteiger partial charge in [-0.2, -0.15) is 13.1 Å². The molecule has 0 unspecified atom stereocenters. The maximum absolute atomic E-state index is 11.7. The number of hydrogen-bond donors (Lipinski definition) is 1. The fourth-order valence-corrected chi connectivity index (χ4v) is 1.72. The third kappa shape index (κ3) is 1.49. The first-order valence-corrected chi connectivity index (χ1v) is 4.40. The Morgan fingerprint density at radius 2 is 1.91 bits per heavy atom. The number of aliphatic hydroxyl groups excluding tert-OH is 1. The molecule has 1 heterocycles. The molecule has 1 rings (SSSR count). The van der Waals surface area contributed by atoms with Crippen molar-refractivity contribution >= 4 is 10.0 Å². The van der Waals surface area contributed by atoms with Crippen LogP contribution in [0, 0.1) is 0 Å². The minimum atomic E-state index is -4.43. The van der Waals surface area contributed by atoms with Crippen molar-refractivity contribution in [2.24, 2.45) is 0 Å². The minimum absolute atomic E-state index is 0.216. The highest BCUT2D eigenvalue weighted by Crippen LogP contribution is 2.18. The molecule has 4 nitrogen and oxygen atoms in total. The van der Waals surface area contributed by atoms with E-state index in [-0.39, 0.29) is 13.1 Å². The van der Waals surface area contributed by atoms with Crippen LogP contribution in [-0.4, -0.2) is 42.8 Å². The van der Waals surface area contributed by atoms with Gasteiger partial charge in [0, 0.05) is 13.1 Å². The van der Waals surface area contributed by atoms with Crippen LogP contribution in [0.3, 0.4) is 0 Å². The van der Waals surface area contributed by atoms with Crippen molar-refractivity contribution in [3.8, 4) is 0 Å². The molecule has 0 radical (unpaired) electrons. The van der Waals surface area contributed by atoms with Crippen LogP contribution in [0.5, 0.6) is 0 Å². The minimum Gasteiger partial charge on any atom is -0.390 e. The van der Waals surface area contributed by atoms with E-state index in [2.05, 4.69) is 0 Å². The van der Waals surface area contributed by atoms with Crippen LogP contribution in [0.2, 0.25) is 0 Å². The Bertz CT molecular complexity index is 234. The van der Waals surface area contributed by atoms with E-state index in [1.165, 1.54) is 0 Å². The number of nitrogens with zero attached hydrogens (tertiary/aromatic N) is 1. The van der Waals surface area contributed by atoms with Crippen molar-refractivity contribution in [3.63, 3.8) is 0 Å². The van der Waals surface area contributed by atoms with E-state index < -0.39 is 21.9 Å². The van der Waals surface area contributed by atoms with Gasteiger partial charge in [0.25, 0.3) is 10.0 Å². The van der Waals surface area contributed by atoms with E-state index >= 15 is 0 Å². The molecule has 1 saturated heterocycles. The molecular weight excluding hydrogens is 180 g/mol. The molecule has 0 saturated carbocycles. The lowest BCUT2D eigenvalue weighted by Crippen LogP contribution is -2.54. The van der Waals surface area contributed by atoms with Crippen molar-refractivity contribution in [2.75, 3.05) is 13.1 Å². The fraction of sp³-hybridized carbons (Fsp3) is 1.00. The first-order valence-electron chi connectivity index (χ1n) is 2.90. The lowest BCUT2D eigenvalue weighted by molar-refractivity contribution is 0.0495. The molecule has 1 N–H and O–H groups in total. The van der Waals surface area contributed by atoms with Crippen molar-refractivity contribution in [1.29, 1.82) is 0 Å². The zero-order valence-electron chi connectivity index (χ0n) is 5.44. The van der Waals surface area contributed by atoms with Crippen molar-refractivity contribution < 1.29 is 22.3 Å². The summed E-state index contributed by atoms with van der Waals surface area (Å²) in [4.78, 5) is 0. The van der Waals surface area contributed by atoms with Gasteiger partial charge < -0.3 is 5.11 Å². The summed E-state index contributed by atoms with van der Waals surface area (Å²) in [7, 11) is -4.43. The molecular formula is C4H7F2NO3S. The highest BCUT2D eigenvalue weighted by molar-refractivity contribution is 7.89. The van der Waals surface area contributed by atoms with Gasteiger partial charge in [-0.25, -0.2) is 8.42 Å². The molecule has 0 aromatic rings. The van der Waals surface area contributed by atoms with Crippen molar-refractivity contribution in [2.45, 2.75) is 11.9 Å². The normalized spacial score (nSPS) is 22.2. The molecule has 11 heavy (non-hydrogen) atoms. The summed E-state index contributed by atoms with van der Waals surface area (Å²) in [6, 6.07) is 0. The van der Waals surface area contributed by atoms with E-state index in [1.807, 2.05) is 0 Å². The summed E-state index contributed by atoms with van der Waals surface area (Å²) in [5, 5.41) is 8.61. The molecule has 0 aromatic heterocycles. The van der Waals surface area contributed by atoms with Gasteiger partial charge in [-0.3, -0.25) is 0 Å². The third-order valence-electron chi connectivity index (χ3n) is 1.41. The second-order valence-electron chi connectivity index (χ2n) is 2.28. The maximum Gasteiger partial charge on any atom is 0.350 e. The number of hydrogen-bond acceptors (Lipinski definition) is 3. The lowest BCUT2D eigenvalue weighted by atomic mass is 10.2. The number of rotatable bonds is 2. The Kier molecular flexibility index (Phi) is 2.13. The molecule has 0 aromatic carbocycles. The van der Waals surface area contributed by atoms with Crippen LogP contribution in [0.25, 0.3) is 0 Å². The molecule has 0 aliphatic carbocycles. The summed E-state index contributed by atoms with van der Waals surface area (Å²) >= 11 is 0. The monoisotopic (exact) mass is 187 g/mol. The lowest BCUT2D eigenvalue weighted by Gasteiger charge is -2.33. The first-order chi connectivity index (χ1) is 4.94. The van der Waals surface area contributed by atoms with E-state index in [0.717, 1.165) is 0 Å². The number of aliphatic hydroxyl groups is 1. The molecule has 0 spiro atoms. The number of β-amino-alcohol motifs (C(OH)–C–C–N with tert-alkyl or cyclic N) is 1. The Labute approximate surface area is 62.5 Å². The highest BCUT2D eigenvalue weighted by atomic mass is 32.2. The van der Waals surface area contributed by atoms with Crippen LogP contribution in [0.4, 0.5) is 8.78 Å². The molecule has 0 bridgehead atoms. The van der Waals surface area contributed by atoms with Crippen LogP contribution in [0.1, 0.15) is 0 Å². The van der Waals surface area contributed by atoms with Gasteiger partial charge in [-0.15, -0.1) is 0 Å². The van der Waals surface area contributed by atoms with Gasteiger partial charge in [0.15, 0.2) is 0 Å². The van der Waals surface area contributed by atoms with E-state index in [0.29, 0.717) is 4.31 Å². The van der Waals surface area contributed by atoms with Gasteiger partial charge >= 0.3 is 5.76 Å². The molecule has 0 atom stereocenters. The number of alkyl halides is 2. The van der Waals surface area contributed by atoms with Gasteiger partial charge in [-0.05, 0) is 0 Å². The van der Waals surface area contributed by atoms with Crippen LogP contribution >= 0.6 is 0 Å². The summed E-state index contributed by atoms with van der Waals surface area (Å²) < 4.78 is 45.0. The van der Waals surface area contributed by atoms with Crippen molar-refractivity contribution in [3.05, 3.63) is 0 Å². The average Bonchev–Trinajstić information content (AvgIpc) is 1.80. The SMILES string of the molecule is O=S(=O)(C(F)F)N1CC(O)C1. The Hall–Kier alpha value is -0.270. The summed E-state index contributed by atoms with van der Waals surface area (Å²) in [5.41, 5.74) is 0. The molecule has 66 valence electrons. The molecule has 1 aliphatic heterocycles. The summed E-state index contributed by atoms with van der Waals surface area (Å²) in [6.07, 6.45) is -0.788. The Balaban J connectivity index is 2.62. The zero-order chi connectivity index (χ0) is 8.65. The topological polar surface area (TPSA) is 57.6 Å². The Morgan fingerprint density at radius 3 is 2.18 bits per heavy atom. The zero-order valence-corrected chi connectivity index (χ0v) is 6.26. The van der Waals surface area contributed by atoms with Gasteiger partial charge in [0.05, 0.1) is 6.10 Å². The second kappa shape index (κ2) is 2.65. The Morgan fingerprint density at radius 1 is 1.45 bits per heavy atom. The van der Waals surface area contributed by atoms with Crippen LogP contribution in [0.15, 0.2) is 0 Å². The van der Waals surface area contributed by atoms with Gasteiger partial charge in [0.1, 0.15) is 0 Å². The van der Waals surface area contributed by atoms with Crippen LogP contribution in [-0.2, 0) is 10.0 Å². The fourth-order valence-electron chi connectivity index (χ4n) is 0.737. The number of sulfonamides is 1. The maximum atomic E-state index is 11.7. The van der Waals surface area contributed by atoms with Crippen LogP contribution < -0.4 is 0 Å². The van der Waals surface area contributed by atoms with Gasteiger partial charge in [0.2, 0.25) is 0 Å². The molecule has 1 fully saturated rings. The van der Waals surface area contributed by atoms with E-state index in [9.17, 15) is 17.2 Å². The van der Waals surface area contributed by atoms with Gasteiger partial charge in [-0.1, -0.05) is 0 Å². The highest BCUT2D eigenvalue weighted by Gasteiger charge is 2.39. The quantitative estimate of drug-likeness (QED) is 0.616. The predicted octanol–water partition coefficient (Wildman–Crippen LogP) is -0.785. The van der Waals surface area contributed by atoms with E-state index in [1.54, 1.807) is 0 Å². The van der Waals surface area contributed by atoms with Crippen molar-refractivity contribution in [1.82, 2.24) is 4.31 Å². The molecule has 1 aliphatic rings. The largest absolute Gasteiger partial charge is 0.390 e. The molecule has 7 heteroatoms. The number of halogens is 2. The summed E-state index contributed by atoms with van der Waals surface area (Å²) in [6.45, 7) is -0.431. The first kappa shape index (κ1) is 8.82. The smallest absolute Gasteiger partial charge is 0.350 e. The standard InChI is InChI=1S/C4H7F2NO3S/c5-4(6)11(9,10)7-1-3(8)2-7/h3-4,8H,1-2H2. The second-order valence-corrected chi connectivity index (χ2v) is 4.18. The average molecular weight is 187 g/mol. The predicted molar refractivity (Wildman–Crippen MR) is 32.5 cm³/mol. The molecule has 0 amide bonds. The third-order valence-corrected chi connectivity index (χ3v) is 2.88. The van der Waals surface area contributed by atoms with E-state index in [4.69, 9.17) is 5.11 Å².